The molecule has 56 heavy (non-hydrogen) atoms. The number of rotatable bonds is 12. The number of oxazole rings is 2. The standard InChI is InChI=1S/C41H38F4N4O7/c1-21-25(7-4-9-27(21)36-46-29-15-23(19-48-13-6-11-31(48)38(50)51)32(55-39(42)43)17-34(29)53-36)26-8-5-10-28(22(26)2)37-47-30-16-24(20-49-14-12-41(49,3)52)33(56-40(44)45)18-35(30)54-37/h4-5,7-10,15-18,31,39-40,52H,6,11-14,19-20H2,1-3H3,(H,50,51)/t31-,41?/m0/s1. The van der Waals surface area contributed by atoms with Gasteiger partial charge in [0.05, 0.1) is 0 Å². The van der Waals surface area contributed by atoms with Crippen molar-refractivity contribution in [2.45, 2.75) is 78.1 Å². The summed E-state index contributed by atoms with van der Waals surface area (Å²) in [6, 6.07) is 16.6. The van der Waals surface area contributed by atoms with E-state index in [2.05, 4.69) is 0 Å². The Morgan fingerprint density at radius 2 is 1.32 bits per heavy atom. The lowest BCUT2D eigenvalue weighted by Gasteiger charge is -2.46. The van der Waals surface area contributed by atoms with Crippen molar-refractivity contribution in [1.82, 2.24) is 19.8 Å². The molecule has 8 rings (SSSR count). The highest BCUT2D eigenvalue weighted by molar-refractivity contribution is 5.85. The van der Waals surface area contributed by atoms with Crippen LogP contribution in [0, 0.1) is 13.8 Å². The van der Waals surface area contributed by atoms with E-state index in [4.69, 9.17) is 28.3 Å². The highest BCUT2D eigenvalue weighted by atomic mass is 19.3. The minimum atomic E-state index is -3.10. The second-order valence-electron chi connectivity index (χ2n) is 14.5. The van der Waals surface area contributed by atoms with Gasteiger partial charge in [0.15, 0.2) is 11.2 Å². The van der Waals surface area contributed by atoms with Gasteiger partial charge in [0.2, 0.25) is 11.8 Å². The van der Waals surface area contributed by atoms with Crippen LogP contribution in [0.2, 0.25) is 0 Å². The largest absolute Gasteiger partial charge is 0.480 e. The van der Waals surface area contributed by atoms with Gasteiger partial charge in [-0.2, -0.15) is 17.6 Å². The van der Waals surface area contributed by atoms with Crippen LogP contribution in [0.4, 0.5) is 17.6 Å². The monoisotopic (exact) mass is 774 g/mol. The van der Waals surface area contributed by atoms with E-state index in [0.717, 1.165) is 22.3 Å². The quantitative estimate of drug-likeness (QED) is 0.116. The number of carboxylic acids is 1. The van der Waals surface area contributed by atoms with Gasteiger partial charge in [-0.3, -0.25) is 14.6 Å². The Labute approximate surface area is 318 Å². The molecule has 292 valence electrons. The first-order valence-electron chi connectivity index (χ1n) is 18.2. The number of nitrogens with zero attached hydrogens (tertiary/aromatic N) is 4. The number of halogens is 4. The number of aliphatic carboxylic acids is 1. The van der Waals surface area contributed by atoms with Crippen molar-refractivity contribution in [3.8, 4) is 45.5 Å². The summed E-state index contributed by atoms with van der Waals surface area (Å²) in [7, 11) is 0. The number of hydrogen-bond donors (Lipinski definition) is 2. The maximum absolute atomic E-state index is 13.5. The number of benzene rings is 4. The molecule has 2 atom stereocenters. The molecule has 1 unspecified atom stereocenters. The minimum Gasteiger partial charge on any atom is -0.480 e. The first-order chi connectivity index (χ1) is 26.8. The third kappa shape index (κ3) is 7.06. The molecule has 0 amide bonds. The molecule has 4 aromatic carbocycles. The van der Waals surface area contributed by atoms with E-state index in [9.17, 15) is 32.6 Å². The van der Waals surface area contributed by atoms with Crippen LogP contribution >= 0.6 is 0 Å². The van der Waals surface area contributed by atoms with E-state index in [1.807, 2.05) is 50.2 Å². The van der Waals surface area contributed by atoms with Gasteiger partial charge >= 0.3 is 19.2 Å². The van der Waals surface area contributed by atoms with Crippen LogP contribution in [0.5, 0.6) is 11.5 Å². The Hall–Kier alpha value is -5.51. The zero-order chi connectivity index (χ0) is 39.5. The van der Waals surface area contributed by atoms with E-state index in [1.54, 1.807) is 28.9 Å². The van der Waals surface area contributed by atoms with Gasteiger partial charge < -0.3 is 28.5 Å². The first-order valence-corrected chi connectivity index (χ1v) is 18.2. The summed E-state index contributed by atoms with van der Waals surface area (Å²) in [5.41, 5.74) is 5.83. The molecule has 2 aromatic heterocycles. The SMILES string of the molecule is Cc1c(-c2nc3cc(CN4CCC[C@H]4C(=O)O)c(OC(F)F)cc3o2)cccc1-c1cccc(-c2nc3cc(CN4CCC4(C)O)c(OC(F)F)cc3o2)c1C. The van der Waals surface area contributed by atoms with Gasteiger partial charge in [0.25, 0.3) is 0 Å². The van der Waals surface area contributed by atoms with Crippen LogP contribution in [0.1, 0.15) is 48.4 Å². The molecule has 2 saturated heterocycles. The summed E-state index contributed by atoms with van der Waals surface area (Å²) in [6.45, 7) is 0.763. The Kier molecular flexibility index (Phi) is 9.71. The lowest BCUT2D eigenvalue weighted by atomic mass is 9.91. The van der Waals surface area contributed by atoms with Gasteiger partial charge in [-0.05, 0) is 86.7 Å². The molecule has 0 spiro atoms. The summed E-state index contributed by atoms with van der Waals surface area (Å²) in [6.07, 6.45) is 1.71. The summed E-state index contributed by atoms with van der Waals surface area (Å²) in [5.74, 6) is -0.587. The number of carboxylic acid groups (broad SMARTS) is 1. The molecule has 0 radical (unpaired) electrons. The summed E-state index contributed by atoms with van der Waals surface area (Å²) in [5, 5.41) is 20.2. The lowest BCUT2D eigenvalue weighted by Crippen LogP contribution is -2.57. The lowest BCUT2D eigenvalue weighted by molar-refractivity contribution is -0.172. The summed E-state index contributed by atoms with van der Waals surface area (Å²) in [4.78, 5) is 24.7. The van der Waals surface area contributed by atoms with Crippen LogP contribution in [-0.2, 0) is 17.9 Å². The molecule has 0 bridgehead atoms. The Balaban J connectivity index is 1.13. The number of ether oxygens (including phenoxy) is 2. The fourth-order valence-electron chi connectivity index (χ4n) is 7.77. The predicted octanol–water partition coefficient (Wildman–Crippen LogP) is 8.75. The van der Waals surface area contributed by atoms with Crippen molar-refractivity contribution in [3.63, 3.8) is 0 Å². The van der Waals surface area contributed by atoms with Gasteiger partial charge in [0.1, 0.15) is 34.3 Å². The van der Waals surface area contributed by atoms with Crippen molar-refractivity contribution < 1.29 is 50.9 Å². The second kappa shape index (κ2) is 14.5. The molecule has 11 nitrogen and oxygen atoms in total. The maximum Gasteiger partial charge on any atom is 0.387 e. The Morgan fingerprint density at radius 3 is 1.77 bits per heavy atom. The van der Waals surface area contributed by atoms with Gasteiger partial charge in [-0.15, -0.1) is 0 Å². The molecular weight excluding hydrogens is 736 g/mol. The van der Waals surface area contributed by atoms with Crippen LogP contribution in [0.25, 0.3) is 56.2 Å². The fourth-order valence-corrected chi connectivity index (χ4v) is 7.77. The number of fused-ring (bicyclic) bond motifs is 2. The molecule has 2 N–H and O–H groups in total. The van der Waals surface area contributed by atoms with E-state index >= 15 is 0 Å². The average molecular weight is 775 g/mol. The van der Waals surface area contributed by atoms with Crippen molar-refractivity contribution in [2.24, 2.45) is 0 Å². The van der Waals surface area contributed by atoms with Crippen LogP contribution in [0.3, 0.4) is 0 Å². The van der Waals surface area contributed by atoms with Crippen molar-refractivity contribution in [1.29, 1.82) is 0 Å². The minimum absolute atomic E-state index is 0.0533. The molecular formula is C41H38F4N4O7. The van der Waals surface area contributed by atoms with Crippen LogP contribution in [0.15, 0.2) is 69.5 Å². The third-order valence-corrected chi connectivity index (χ3v) is 10.9. The molecule has 0 saturated carbocycles. The second-order valence-corrected chi connectivity index (χ2v) is 14.5. The number of carbonyl (C=O) groups is 1. The van der Waals surface area contributed by atoms with Gasteiger partial charge in [-0.1, -0.05) is 24.3 Å². The Bertz CT molecular complexity index is 2460. The maximum atomic E-state index is 13.5. The van der Waals surface area contributed by atoms with E-state index in [-0.39, 0.29) is 47.5 Å². The predicted molar refractivity (Wildman–Crippen MR) is 197 cm³/mol. The van der Waals surface area contributed by atoms with Crippen molar-refractivity contribution >= 4 is 28.2 Å². The molecule has 4 heterocycles. The highest BCUT2D eigenvalue weighted by Gasteiger charge is 2.39. The third-order valence-electron chi connectivity index (χ3n) is 10.9. The number of aliphatic hydroxyl groups is 1. The summed E-state index contributed by atoms with van der Waals surface area (Å²) < 4.78 is 75.8. The van der Waals surface area contributed by atoms with E-state index in [0.29, 0.717) is 65.6 Å². The van der Waals surface area contributed by atoms with Crippen LogP contribution in [-0.4, -0.2) is 74.0 Å². The normalized spacial score (nSPS) is 19.1. The molecule has 2 fully saturated rings. The molecule has 15 heteroatoms. The van der Waals surface area contributed by atoms with Crippen molar-refractivity contribution in [2.75, 3.05) is 13.1 Å². The Morgan fingerprint density at radius 1 is 0.821 bits per heavy atom. The molecule has 0 aliphatic carbocycles. The smallest absolute Gasteiger partial charge is 0.387 e. The first kappa shape index (κ1) is 37.4. The highest BCUT2D eigenvalue weighted by Crippen LogP contribution is 2.40. The number of hydrogen-bond acceptors (Lipinski definition) is 10. The molecule has 2 aliphatic rings. The summed E-state index contributed by atoms with van der Waals surface area (Å²) >= 11 is 0. The van der Waals surface area contributed by atoms with Gasteiger partial charge in [0, 0.05) is 60.4 Å². The molecule has 2 aliphatic heterocycles. The van der Waals surface area contributed by atoms with Gasteiger partial charge in [-0.25, -0.2) is 9.97 Å². The number of alkyl halides is 4. The van der Waals surface area contributed by atoms with Crippen molar-refractivity contribution in [3.05, 3.63) is 82.9 Å². The fraction of sp³-hybridized carbons (Fsp3) is 0.341. The number of aromatic nitrogens is 2. The topological polar surface area (TPSA) is 135 Å². The van der Waals surface area contributed by atoms with E-state index in [1.165, 1.54) is 12.1 Å². The van der Waals surface area contributed by atoms with E-state index < -0.39 is 31.0 Å². The van der Waals surface area contributed by atoms with Crippen LogP contribution < -0.4 is 9.47 Å². The number of likely N-dealkylation sites (tertiary alicyclic amines) is 2. The zero-order valence-corrected chi connectivity index (χ0v) is 30.7. The average Bonchev–Trinajstić information content (AvgIpc) is 3.88. The molecule has 6 aromatic rings. The zero-order valence-electron chi connectivity index (χ0n) is 30.7.